The number of rotatable bonds is 3. The van der Waals surface area contributed by atoms with Crippen LogP contribution >= 0.6 is 0 Å². The maximum atomic E-state index is 12.4. The summed E-state index contributed by atoms with van der Waals surface area (Å²) >= 11 is 0. The van der Waals surface area contributed by atoms with Crippen LogP contribution in [0.4, 0.5) is 4.39 Å². The third kappa shape index (κ3) is 2.84. The lowest BCUT2D eigenvalue weighted by molar-refractivity contribution is 0.234. The molecule has 0 N–H and O–H groups in total. The highest BCUT2D eigenvalue weighted by atomic mass is 19.1. The van der Waals surface area contributed by atoms with Gasteiger partial charge in [0.1, 0.15) is 5.82 Å². The van der Waals surface area contributed by atoms with E-state index >= 15 is 0 Å². The largest absolute Gasteiger partial charge is 0.381 e. The third-order valence-corrected chi connectivity index (χ3v) is 1.44. The molecule has 1 nitrogen and oxygen atoms in total. The molecular formula is C10H11FO. The highest BCUT2D eigenvalue weighted by molar-refractivity contribution is 5.48. The van der Waals surface area contributed by atoms with Gasteiger partial charge in [-0.2, -0.15) is 0 Å². The summed E-state index contributed by atoms with van der Waals surface area (Å²) in [4.78, 5) is 0. The predicted octanol–water partition coefficient (Wildman–Crippen LogP) is 2.49. The molecule has 0 aliphatic rings. The van der Waals surface area contributed by atoms with Gasteiger partial charge in [0, 0.05) is 7.11 Å². The van der Waals surface area contributed by atoms with E-state index in [1.165, 1.54) is 12.1 Å². The van der Waals surface area contributed by atoms with Crippen LogP contribution in [0, 0.1) is 5.82 Å². The molecule has 2 heteroatoms. The van der Waals surface area contributed by atoms with Crippen LogP contribution in [-0.2, 0) is 4.74 Å². The summed E-state index contributed by atoms with van der Waals surface area (Å²) in [5.41, 5.74) is 0.980. The fraction of sp³-hybridized carbons (Fsp3) is 0.200. The smallest absolute Gasteiger partial charge is 0.123 e. The van der Waals surface area contributed by atoms with Crippen molar-refractivity contribution in [1.29, 1.82) is 0 Å². The zero-order valence-corrected chi connectivity index (χ0v) is 6.96. The molecule has 0 aliphatic heterocycles. The number of hydrogen-bond donors (Lipinski definition) is 0. The van der Waals surface area contributed by atoms with Crippen molar-refractivity contribution in [2.24, 2.45) is 0 Å². The average Bonchev–Trinajstić information content (AvgIpc) is 2.09. The molecule has 0 amide bonds. The molecule has 0 aliphatic carbocycles. The van der Waals surface area contributed by atoms with Crippen LogP contribution in [-0.4, -0.2) is 13.7 Å². The van der Waals surface area contributed by atoms with Crippen molar-refractivity contribution in [2.45, 2.75) is 0 Å². The summed E-state index contributed by atoms with van der Waals surface area (Å²) in [5.74, 6) is -0.209. The predicted molar refractivity (Wildman–Crippen MR) is 47.3 cm³/mol. The van der Waals surface area contributed by atoms with E-state index in [9.17, 15) is 4.39 Å². The molecule has 64 valence electrons. The molecule has 0 radical (unpaired) electrons. The first-order chi connectivity index (χ1) is 5.83. The van der Waals surface area contributed by atoms with Crippen molar-refractivity contribution in [3.05, 3.63) is 41.7 Å². The summed E-state index contributed by atoms with van der Waals surface area (Å²) in [5, 5.41) is 0. The Hall–Kier alpha value is -1.15. The molecule has 0 bridgehead atoms. The summed E-state index contributed by atoms with van der Waals surface area (Å²) in [6.07, 6.45) is 3.77. The van der Waals surface area contributed by atoms with E-state index in [0.29, 0.717) is 6.61 Å². The van der Waals surface area contributed by atoms with Gasteiger partial charge in [-0.3, -0.25) is 0 Å². The van der Waals surface area contributed by atoms with Gasteiger partial charge in [0.25, 0.3) is 0 Å². The van der Waals surface area contributed by atoms with Crippen molar-refractivity contribution in [2.75, 3.05) is 13.7 Å². The first-order valence-electron chi connectivity index (χ1n) is 3.74. The quantitative estimate of drug-likeness (QED) is 0.670. The van der Waals surface area contributed by atoms with Crippen LogP contribution < -0.4 is 0 Å². The van der Waals surface area contributed by atoms with E-state index in [1.54, 1.807) is 19.2 Å². The van der Waals surface area contributed by atoms with Gasteiger partial charge in [-0.1, -0.05) is 24.3 Å². The molecular weight excluding hydrogens is 155 g/mol. The molecule has 0 aromatic heterocycles. The van der Waals surface area contributed by atoms with E-state index in [1.807, 2.05) is 12.2 Å². The molecule has 0 saturated carbocycles. The average molecular weight is 166 g/mol. The van der Waals surface area contributed by atoms with E-state index < -0.39 is 0 Å². The van der Waals surface area contributed by atoms with Gasteiger partial charge >= 0.3 is 0 Å². The highest BCUT2D eigenvalue weighted by Gasteiger charge is 1.87. The molecule has 0 unspecified atom stereocenters. The molecule has 0 saturated heterocycles. The van der Waals surface area contributed by atoms with Gasteiger partial charge in [-0.25, -0.2) is 4.39 Å². The molecule has 0 spiro atoms. The normalized spacial score (nSPS) is 10.8. The van der Waals surface area contributed by atoms with Gasteiger partial charge in [-0.15, -0.1) is 0 Å². The van der Waals surface area contributed by atoms with Crippen LogP contribution in [0.25, 0.3) is 6.08 Å². The van der Waals surface area contributed by atoms with E-state index in [2.05, 4.69) is 0 Å². The lowest BCUT2D eigenvalue weighted by Crippen LogP contribution is -1.80. The van der Waals surface area contributed by atoms with Gasteiger partial charge in [-0.05, 0) is 17.7 Å². The topological polar surface area (TPSA) is 9.23 Å². The Morgan fingerprint density at radius 1 is 1.33 bits per heavy atom. The molecule has 1 aromatic rings. The molecule has 0 fully saturated rings. The Balaban J connectivity index is 2.58. The molecule has 1 aromatic carbocycles. The minimum absolute atomic E-state index is 0.209. The Morgan fingerprint density at radius 3 is 2.58 bits per heavy atom. The first-order valence-corrected chi connectivity index (χ1v) is 3.74. The number of hydrogen-bond acceptors (Lipinski definition) is 1. The van der Waals surface area contributed by atoms with Gasteiger partial charge in [0.15, 0.2) is 0 Å². The summed E-state index contributed by atoms with van der Waals surface area (Å²) < 4.78 is 17.3. The minimum atomic E-state index is -0.209. The van der Waals surface area contributed by atoms with Crippen LogP contribution in [0.5, 0.6) is 0 Å². The van der Waals surface area contributed by atoms with E-state index in [4.69, 9.17) is 4.74 Å². The van der Waals surface area contributed by atoms with Gasteiger partial charge < -0.3 is 4.74 Å². The summed E-state index contributed by atoms with van der Waals surface area (Å²) in [6.45, 7) is 0.581. The first kappa shape index (κ1) is 8.94. The Morgan fingerprint density at radius 2 is 2.00 bits per heavy atom. The van der Waals surface area contributed by atoms with E-state index in [-0.39, 0.29) is 5.82 Å². The fourth-order valence-electron chi connectivity index (χ4n) is 0.854. The van der Waals surface area contributed by atoms with Crippen LogP contribution in [0.1, 0.15) is 5.56 Å². The van der Waals surface area contributed by atoms with Crippen LogP contribution in [0.15, 0.2) is 30.3 Å². The summed E-state index contributed by atoms with van der Waals surface area (Å²) in [6, 6.07) is 6.32. The van der Waals surface area contributed by atoms with Crippen molar-refractivity contribution < 1.29 is 9.13 Å². The SMILES string of the molecule is COC/C=C/c1ccc(F)cc1. The van der Waals surface area contributed by atoms with Gasteiger partial charge in [0.05, 0.1) is 6.61 Å². The van der Waals surface area contributed by atoms with Crippen molar-refractivity contribution in [1.82, 2.24) is 0 Å². The van der Waals surface area contributed by atoms with Crippen molar-refractivity contribution >= 4 is 6.08 Å². The summed E-state index contributed by atoms with van der Waals surface area (Å²) in [7, 11) is 1.63. The zero-order chi connectivity index (χ0) is 8.81. The standard InChI is InChI=1S/C10H11FO/c1-12-8-2-3-9-4-6-10(11)7-5-9/h2-7H,8H2,1H3/b3-2+. The molecule has 0 atom stereocenters. The Bertz CT molecular complexity index is 251. The second-order valence-corrected chi connectivity index (χ2v) is 2.41. The Kier molecular flexibility index (Phi) is 3.48. The van der Waals surface area contributed by atoms with Crippen LogP contribution in [0.3, 0.4) is 0 Å². The molecule has 12 heavy (non-hydrogen) atoms. The highest BCUT2D eigenvalue weighted by Crippen LogP contribution is 2.04. The van der Waals surface area contributed by atoms with Crippen LogP contribution in [0.2, 0.25) is 0 Å². The van der Waals surface area contributed by atoms with Crippen molar-refractivity contribution in [3.8, 4) is 0 Å². The number of benzene rings is 1. The third-order valence-electron chi connectivity index (χ3n) is 1.44. The van der Waals surface area contributed by atoms with E-state index in [0.717, 1.165) is 5.56 Å². The minimum Gasteiger partial charge on any atom is -0.381 e. The number of ether oxygens (including phenoxy) is 1. The molecule has 1 rings (SSSR count). The monoisotopic (exact) mass is 166 g/mol. The maximum absolute atomic E-state index is 12.4. The maximum Gasteiger partial charge on any atom is 0.123 e. The second-order valence-electron chi connectivity index (χ2n) is 2.41. The lowest BCUT2D eigenvalue weighted by Gasteiger charge is -1.92. The second kappa shape index (κ2) is 4.67. The van der Waals surface area contributed by atoms with Crippen molar-refractivity contribution in [3.63, 3.8) is 0 Å². The lowest BCUT2D eigenvalue weighted by atomic mass is 10.2. The number of methoxy groups -OCH3 is 1. The fourth-order valence-corrected chi connectivity index (χ4v) is 0.854. The number of halogens is 1. The Labute approximate surface area is 71.5 Å². The van der Waals surface area contributed by atoms with Gasteiger partial charge in [0.2, 0.25) is 0 Å². The zero-order valence-electron chi connectivity index (χ0n) is 6.96. The molecule has 0 heterocycles.